The summed E-state index contributed by atoms with van der Waals surface area (Å²) in [5, 5.41) is 0. The van der Waals surface area contributed by atoms with E-state index in [1.807, 2.05) is 0 Å². The van der Waals surface area contributed by atoms with Gasteiger partial charge in [-0.2, -0.15) is 0 Å². The molecule has 0 bridgehead atoms. The van der Waals surface area contributed by atoms with E-state index in [4.69, 9.17) is 75.8 Å². The van der Waals surface area contributed by atoms with Gasteiger partial charge in [0.2, 0.25) is 0 Å². The van der Waals surface area contributed by atoms with Gasteiger partial charge in [-0.05, 0) is 117 Å². The van der Waals surface area contributed by atoms with Crippen LogP contribution in [0.5, 0.6) is 0 Å². The van der Waals surface area contributed by atoms with Crippen LogP contribution in [0.25, 0.3) is 0 Å². The van der Waals surface area contributed by atoms with E-state index in [-0.39, 0.29) is 251 Å². The van der Waals surface area contributed by atoms with Crippen molar-refractivity contribution in [3.05, 3.63) is 0 Å². The zero-order valence-corrected chi connectivity index (χ0v) is 79.3. The Bertz CT molecular complexity index is 3650. The molecule has 0 atom stereocenters. The third-order valence-corrected chi connectivity index (χ3v) is 14.4. The van der Waals surface area contributed by atoms with E-state index in [0.29, 0.717) is 19.6 Å². The molecule has 135 heavy (non-hydrogen) atoms. The fourth-order valence-corrected chi connectivity index (χ4v) is 8.21. The lowest BCUT2D eigenvalue weighted by Crippen LogP contribution is -2.39. The Balaban J connectivity index is -0.000000373. The standard InChI is InChI=1S/C18H26O9.C17H24O9.C16H22O9.C14H22O8.C12H18O7.C10H14O6/c1-5-18(9-25-15(22)6-12(2)19,10-26-16(23)7-13(3)20)11-27-17(24)8-14(4)21;1-11(18)5-14(21)24-8-17(4,9-25-15(22)6-12(2)19)10-26-16(23)7-13(3)20;1-10(17)4-14(20)23-7-13(8-24-15(21)5-11(2)18)9-25-16(22)6-12(3)19;1-11(15)9-13(17)21-7-5-19-3-4-20-6-8-22-14(18)10-12(2)16;1-9(13)7-11(15)18-5-3-17-4-6-19-12(16)8-10(2)14;1-7(11)5-9(13)15-3-4-16-10(14)6-8(2)12/h5-11H2,1-4H3;5-10H2,1-4H3;13H,4-9H2,1-3H3;3-10H2,1-2H3;3-8H2,1-2H3;3-6H2,1-2H3. The second-order valence-corrected chi connectivity index (χ2v) is 29.9. The van der Waals surface area contributed by atoms with Crippen molar-refractivity contribution in [2.75, 3.05) is 139 Å². The third-order valence-electron chi connectivity index (χ3n) is 14.4. The van der Waals surface area contributed by atoms with Gasteiger partial charge < -0.3 is 85.3 Å². The molecule has 0 spiro atoms. The molecule has 0 aliphatic heterocycles. The van der Waals surface area contributed by atoms with Crippen LogP contribution in [0, 0.1) is 16.7 Å². The topological polar surface area (TPSA) is 678 Å². The summed E-state index contributed by atoms with van der Waals surface area (Å²) in [5.74, 6) is -16.2. The molecule has 0 aromatic rings. The number of hydrogen-bond acceptors (Lipinski definition) is 48. The zero-order valence-electron chi connectivity index (χ0n) is 79.3. The number of esters is 15. The Morgan fingerprint density at radius 2 is 0.289 bits per heavy atom. The van der Waals surface area contributed by atoms with Crippen LogP contribution in [-0.2, 0) is 229 Å². The van der Waals surface area contributed by atoms with E-state index in [0.717, 1.165) is 0 Å². The molecule has 0 radical (unpaired) electrons. The van der Waals surface area contributed by atoms with Crippen molar-refractivity contribution in [2.24, 2.45) is 16.7 Å². The van der Waals surface area contributed by atoms with Crippen LogP contribution < -0.4 is 0 Å². The number of rotatable bonds is 67. The van der Waals surface area contributed by atoms with E-state index >= 15 is 0 Å². The van der Waals surface area contributed by atoms with Crippen LogP contribution in [0.1, 0.15) is 220 Å². The Hall–Kier alpha value is -13.0. The van der Waals surface area contributed by atoms with E-state index in [1.165, 1.54) is 111 Å². The molecule has 0 aromatic carbocycles. The molecule has 0 unspecified atom stereocenters. The first kappa shape index (κ1) is 133. The molecule has 48 heteroatoms. The summed E-state index contributed by atoms with van der Waals surface area (Å²) in [7, 11) is 0. The maximum Gasteiger partial charge on any atom is 0.313 e. The SMILES string of the molecule is CC(=O)CC(=O)OCC(C)(COC(=O)CC(C)=O)COC(=O)CC(C)=O.CC(=O)CC(=O)OCC(COC(=O)CC(C)=O)COC(=O)CC(C)=O.CC(=O)CC(=O)OCCOC(=O)CC(C)=O.CC(=O)CC(=O)OCCOCCOC(=O)CC(C)=O.CC(=O)CC(=O)OCCOCCOCCOC(=O)CC(C)=O.CCC(COC(=O)CC(C)=O)(COC(=O)CC(C)=O)COC(=O)CC(C)=O. The van der Waals surface area contributed by atoms with Gasteiger partial charge in [0.05, 0.1) is 56.4 Å². The molecule has 0 aliphatic carbocycles. The van der Waals surface area contributed by atoms with Crippen LogP contribution in [0.3, 0.4) is 0 Å². The number of carbonyl (C=O) groups is 30. The average molecular weight is 1940 g/mol. The third kappa shape index (κ3) is 99.8. The number of ether oxygens (including phenoxy) is 18. The molecule has 0 saturated heterocycles. The van der Waals surface area contributed by atoms with Crippen molar-refractivity contribution in [1.29, 1.82) is 0 Å². The lowest BCUT2D eigenvalue weighted by Gasteiger charge is -2.31. The highest BCUT2D eigenvalue weighted by atomic mass is 16.6. The smallest absolute Gasteiger partial charge is 0.313 e. The van der Waals surface area contributed by atoms with Gasteiger partial charge in [0.15, 0.2) is 0 Å². The van der Waals surface area contributed by atoms with Gasteiger partial charge in [-0.1, -0.05) is 6.92 Å². The highest BCUT2D eigenvalue weighted by Gasteiger charge is 2.36. The molecule has 762 valence electrons. The molecule has 0 rings (SSSR count). The van der Waals surface area contributed by atoms with E-state index in [2.05, 4.69) is 9.47 Å². The number of hydrogen-bond donors (Lipinski definition) is 0. The maximum atomic E-state index is 11.6. The van der Waals surface area contributed by atoms with Crippen molar-refractivity contribution >= 4 is 176 Å². The van der Waals surface area contributed by atoms with Gasteiger partial charge in [-0.25, -0.2) is 0 Å². The normalized spacial score (nSPS) is 10.2. The summed E-state index contributed by atoms with van der Waals surface area (Å²) in [6.07, 6.45) is -4.91. The Labute approximate surface area is 778 Å². The second-order valence-electron chi connectivity index (χ2n) is 29.9. The second kappa shape index (κ2) is 80.6. The summed E-state index contributed by atoms with van der Waals surface area (Å²) in [5.41, 5.74) is -2.17. The quantitative estimate of drug-likeness (QED) is 0.0363. The predicted octanol–water partition coefficient (Wildman–Crippen LogP) is 1.82. The van der Waals surface area contributed by atoms with E-state index in [9.17, 15) is 144 Å². The molecule has 0 aliphatic rings. The van der Waals surface area contributed by atoms with Crippen molar-refractivity contribution in [3.8, 4) is 0 Å². The van der Waals surface area contributed by atoms with Crippen LogP contribution in [0.4, 0.5) is 0 Å². The lowest BCUT2D eigenvalue weighted by atomic mass is 9.88. The van der Waals surface area contributed by atoms with Gasteiger partial charge in [0, 0.05) is 0 Å². The minimum atomic E-state index is -1.11. The van der Waals surface area contributed by atoms with Gasteiger partial charge in [0.1, 0.15) is 282 Å². The van der Waals surface area contributed by atoms with Crippen molar-refractivity contribution < 1.29 is 229 Å². The molecule has 0 amide bonds. The molecule has 0 N–H and O–H groups in total. The van der Waals surface area contributed by atoms with Gasteiger partial charge in [-0.3, -0.25) is 144 Å². The fraction of sp³-hybridized carbons (Fsp3) is 0.655. The maximum absolute atomic E-state index is 11.6. The van der Waals surface area contributed by atoms with Gasteiger partial charge >= 0.3 is 89.5 Å². The van der Waals surface area contributed by atoms with Crippen LogP contribution in [-0.4, -0.2) is 315 Å². The molecular formula is C87H126O48. The minimum absolute atomic E-state index is 0.0352. The van der Waals surface area contributed by atoms with Crippen molar-refractivity contribution in [3.63, 3.8) is 0 Å². The first-order chi connectivity index (χ1) is 62.8. The molecule has 0 aromatic heterocycles. The molecular weight excluding hydrogens is 1810 g/mol. The monoisotopic (exact) mass is 1940 g/mol. The van der Waals surface area contributed by atoms with E-state index in [1.54, 1.807) is 6.92 Å². The summed E-state index contributed by atoms with van der Waals surface area (Å²) >= 11 is 0. The van der Waals surface area contributed by atoms with Crippen LogP contribution in [0.2, 0.25) is 0 Å². The summed E-state index contributed by atoms with van der Waals surface area (Å²) in [6, 6.07) is 0. The summed E-state index contributed by atoms with van der Waals surface area (Å²) in [6.45, 7) is 20.9. The number of carbonyl (C=O) groups excluding carboxylic acids is 30. The first-order valence-electron chi connectivity index (χ1n) is 41.3. The summed E-state index contributed by atoms with van der Waals surface area (Å²) < 4.78 is 88.0. The Morgan fingerprint density at radius 1 is 0.170 bits per heavy atom. The molecule has 48 nitrogen and oxygen atoms in total. The molecule has 0 heterocycles. The lowest BCUT2D eigenvalue weighted by molar-refractivity contribution is -0.165. The predicted molar refractivity (Wildman–Crippen MR) is 451 cm³/mol. The Kier molecular flexibility index (Phi) is 79.3. The summed E-state index contributed by atoms with van der Waals surface area (Å²) in [4.78, 5) is 331. The zero-order chi connectivity index (χ0) is 105. The average Bonchev–Trinajstić information content (AvgIpc) is 0.841. The molecule has 0 fully saturated rings. The van der Waals surface area contributed by atoms with Crippen molar-refractivity contribution in [1.82, 2.24) is 0 Å². The highest BCUT2D eigenvalue weighted by molar-refractivity contribution is 6.00. The van der Waals surface area contributed by atoms with Crippen LogP contribution >= 0.6 is 0 Å². The van der Waals surface area contributed by atoms with Crippen LogP contribution in [0.15, 0.2) is 0 Å². The first-order valence-corrected chi connectivity index (χ1v) is 41.3. The number of Topliss-reactive ketones (excluding diaryl/α,β-unsaturated/α-hetero) is 15. The highest BCUT2D eigenvalue weighted by Crippen LogP contribution is 2.26. The minimum Gasteiger partial charge on any atom is -0.465 e. The van der Waals surface area contributed by atoms with E-state index < -0.39 is 164 Å². The largest absolute Gasteiger partial charge is 0.465 e. The van der Waals surface area contributed by atoms with Gasteiger partial charge in [-0.15, -0.1) is 0 Å². The fourth-order valence-electron chi connectivity index (χ4n) is 8.21. The number of ketones is 15. The van der Waals surface area contributed by atoms with Crippen molar-refractivity contribution in [2.45, 2.75) is 220 Å². The Morgan fingerprint density at radius 3 is 0.430 bits per heavy atom. The molecule has 0 saturated carbocycles. The van der Waals surface area contributed by atoms with Gasteiger partial charge in [0.25, 0.3) is 0 Å².